The van der Waals surface area contributed by atoms with Crippen LogP contribution in [0.3, 0.4) is 0 Å². The summed E-state index contributed by atoms with van der Waals surface area (Å²) >= 11 is 0. The Morgan fingerprint density at radius 1 is 1.00 bits per heavy atom. The van der Waals surface area contributed by atoms with E-state index >= 15 is 0 Å². The summed E-state index contributed by atoms with van der Waals surface area (Å²) in [6, 6.07) is 11.9. The van der Waals surface area contributed by atoms with Gasteiger partial charge in [0, 0.05) is 41.6 Å². The third-order valence-corrected chi connectivity index (χ3v) is 6.06. The number of aromatic nitrogens is 9. The number of benzene rings is 1. The van der Waals surface area contributed by atoms with Crippen LogP contribution in [0.1, 0.15) is 45.5 Å². The van der Waals surface area contributed by atoms with E-state index in [1.165, 1.54) is 0 Å². The summed E-state index contributed by atoms with van der Waals surface area (Å²) in [6.45, 7) is 8.76. The number of hydrogen-bond acceptors (Lipinski definition) is 6. The Balaban J connectivity index is 1.51. The number of rotatable bonds is 7. The molecule has 5 aromatic rings. The molecule has 0 saturated heterocycles. The number of imidazole rings is 2. The Hall–Kier alpha value is -4.34. The smallest absolute Gasteiger partial charge is 0.311 e. The van der Waals surface area contributed by atoms with Crippen molar-refractivity contribution in [2.75, 3.05) is 0 Å². The first-order chi connectivity index (χ1) is 17.3. The van der Waals surface area contributed by atoms with Gasteiger partial charge in [-0.1, -0.05) is 31.5 Å². The second kappa shape index (κ2) is 9.37. The van der Waals surface area contributed by atoms with Crippen LogP contribution in [0.25, 0.3) is 28.5 Å². The fraction of sp³-hybridized carbons (Fsp3) is 0.308. The first-order valence-corrected chi connectivity index (χ1v) is 12.0. The van der Waals surface area contributed by atoms with E-state index in [9.17, 15) is 4.79 Å². The first-order valence-electron chi connectivity index (χ1n) is 12.0. The van der Waals surface area contributed by atoms with Crippen LogP contribution in [0.2, 0.25) is 0 Å². The van der Waals surface area contributed by atoms with Crippen LogP contribution < -0.4 is 5.69 Å². The maximum atomic E-state index is 13.6. The van der Waals surface area contributed by atoms with E-state index in [0.717, 1.165) is 40.9 Å². The molecule has 0 unspecified atom stereocenters. The fourth-order valence-electron chi connectivity index (χ4n) is 4.32. The highest BCUT2D eigenvalue weighted by Gasteiger charge is 2.21. The van der Waals surface area contributed by atoms with Crippen molar-refractivity contribution in [1.82, 2.24) is 44.3 Å². The molecule has 5 rings (SSSR count). The minimum absolute atomic E-state index is 0.124. The number of nitrogens with one attached hydrogen (secondary N) is 1. The molecule has 0 aliphatic heterocycles. The van der Waals surface area contributed by atoms with Gasteiger partial charge in [-0.2, -0.15) is 5.21 Å². The van der Waals surface area contributed by atoms with Gasteiger partial charge >= 0.3 is 5.69 Å². The van der Waals surface area contributed by atoms with Gasteiger partial charge < -0.3 is 4.57 Å². The lowest BCUT2D eigenvalue weighted by Gasteiger charge is -2.22. The molecular weight excluding hydrogens is 454 g/mol. The zero-order valence-electron chi connectivity index (χ0n) is 20.9. The standard InChI is InChI=1S/C26H29N9O/c1-5-7-22-17-34(24-28-12-13-35(24)26(2,3)4)25(36)33(22)16-21-15-19(10-11-27-21)18-8-6-9-20(14-18)23-29-31-32-30-23/h6,8-15,17H,5,7,16H2,1-4H3,(H,29,30,31,32). The van der Waals surface area contributed by atoms with Crippen molar-refractivity contribution in [3.8, 4) is 28.5 Å². The average Bonchev–Trinajstić information content (AvgIpc) is 3.62. The molecule has 10 nitrogen and oxygen atoms in total. The predicted octanol–water partition coefficient (Wildman–Crippen LogP) is 3.83. The SMILES string of the molecule is CCCc1cn(-c2nccn2C(C)(C)C)c(=O)n1Cc1cc(-c2cccc(-c3nn[nH]n3)c2)ccn1. The Morgan fingerprint density at radius 2 is 1.81 bits per heavy atom. The lowest BCUT2D eigenvalue weighted by molar-refractivity contribution is 0.390. The molecule has 0 bridgehead atoms. The molecule has 0 amide bonds. The second-order valence-corrected chi connectivity index (χ2v) is 9.73. The van der Waals surface area contributed by atoms with Gasteiger partial charge in [0.15, 0.2) is 0 Å². The maximum absolute atomic E-state index is 13.6. The largest absolute Gasteiger partial charge is 0.335 e. The van der Waals surface area contributed by atoms with Crippen LogP contribution in [-0.2, 0) is 18.5 Å². The lowest BCUT2D eigenvalue weighted by atomic mass is 10.0. The molecule has 1 N–H and O–H groups in total. The average molecular weight is 484 g/mol. The van der Waals surface area contributed by atoms with Gasteiger partial charge in [0.25, 0.3) is 0 Å². The Bertz CT molecular complexity index is 1530. The van der Waals surface area contributed by atoms with E-state index in [1.54, 1.807) is 21.5 Å². The molecule has 1 aromatic carbocycles. The van der Waals surface area contributed by atoms with Gasteiger partial charge in [0.2, 0.25) is 11.8 Å². The van der Waals surface area contributed by atoms with E-state index in [2.05, 4.69) is 58.3 Å². The topological polar surface area (TPSA) is 112 Å². The Labute approximate surface area is 208 Å². The third-order valence-electron chi connectivity index (χ3n) is 6.06. The van der Waals surface area contributed by atoms with Crippen LogP contribution in [0.15, 0.2) is 66.0 Å². The van der Waals surface area contributed by atoms with Gasteiger partial charge in [-0.05, 0) is 61.7 Å². The van der Waals surface area contributed by atoms with E-state index in [0.29, 0.717) is 18.3 Å². The molecule has 0 fully saturated rings. The molecule has 0 spiro atoms. The summed E-state index contributed by atoms with van der Waals surface area (Å²) in [5.74, 6) is 1.15. The van der Waals surface area contributed by atoms with Crippen LogP contribution in [0, 0.1) is 0 Å². The molecule has 36 heavy (non-hydrogen) atoms. The number of aromatic amines is 1. The van der Waals surface area contributed by atoms with E-state index in [1.807, 2.05) is 53.4 Å². The van der Waals surface area contributed by atoms with Gasteiger partial charge in [0.1, 0.15) is 0 Å². The van der Waals surface area contributed by atoms with Crippen molar-refractivity contribution in [2.45, 2.75) is 52.6 Å². The molecule has 4 aromatic heterocycles. The van der Waals surface area contributed by atoms with Gasteiger partial charge in [-0.15, -0.1) is 10.2 Å². The number of pyridine rings is 1. The summed E-state index contributed by atoms with van der Waals surface area (Å²) in [5.41, 5.74) is 4.30. The van der Waals surface area contributed by atoms with Gasteiger partial charge in [0.05, 0.1) is 12.2 Å². The zero-order chi connectivity index (χ0) is 25.3. The normalized spacial score (nSPS) is 11.8. The van der Waals surface area contributed by atoms with Crippen molar-refractivity contribution < 1.29 is 0 Å². The number of nitrogens with zero attached hydrogens (tertiary/aromatic N) is 8. The number of hydrogen-bond donors (Lipinski definition) is 1. The third kappa shape index (κ3) is 4.49. The highest BCUT2D eigenvalue weighted by molar-refractivity contribution is 5.70. The van der Waals surface area contributed by atoms with E-state index in [-0.39, 0.29) is 11.2 Å². The minimum atomic E-state index is -0.204. The van der Waals surface area contributed by atoms with Crippen molar-refractivity contribution >= 4 is 0 Å². The molecule has 184 valence electrons. The highest BCUT2D eigenvalue weighted by atomic mass is 16.1. The predicted molar refractivity (Wildman–Crippen MR) is 137 cm³/mol. The first kappa shape index (κ1) is 23.4. The van der Waals surface area contributed by atoms with E-state index < -0.39 is 0 Å². The molecule has 0 radical (unpaired) electrons. The summed E-state index contributed by atoms with van der Waals surface area (Å²) in [6.07, 6.45) is 9.04. The number of tetrazole rings is 1. The second-order valence-electron chi connectivity index (χ2n) is 9.73. The van der Waals surface area contributed by atoms with Gasteiger partial charge in [-0.3, -0.25) is 9.55 Å². The lowest BCUT2D eigenvalue weighted by Crippen LogP contribution is -2.30. The van der Waals surface area contributed by atoms with Crippen molar-refractivity contribution in [1.29, 1.82) is 0 Å². The van der Waals surface area contributed by atoms with Crippen LogP contribution in [0.5, 0.6) is 0 Å². The summed E-state index contributed by atoms with van der Waals surface area (Å²) in [4.78, 5) is 22.7. The Kier molecular flexibility index (Phi) is 6.09. The number of H-pyrrole nitrogens is 1. The van der Waals surface area contributed by atoms with Crippen LogP contribution >= 0.6 is 0 Å². The Morgan fingerprint density at radius 3 is 2.56 bits per heavy atom. The number of aryl methyl sites for hydroxylation is 1. The van der Waals surface area contributed by atoms with Crippen LogP contribution in [-0.4, -0.2) is 44.3 Å². The quantitative estimate of drug-likeness (QED) is 0.376. The molecular formula is C26H29N9O. The van der Waals surface area contributed by atoms with Crippen molar-refractivity contribution in [3.05, 3.63) is 83.1 Å². The van der Waals surface area contributed by atoms with Crippen molar-refractivity contribution in [3.63, 3.8) is 0 Å². The maximum Gasteiger partial charge on any atom is 0.335 e. The summed E-state index contributed by atoms with van der Waals surface area (Å²) in [5, 5.41) is 14.3. The van der Waals surface area contributed by atoms with Gasteiger partial charge in [-0.25, -0.2) is 14.3 Å². The molecule has 0 saturated carbocycles. The fourth-order valence-corrected chi connectivity index (χ4v) is 4.32. The minimum Gasteiger partial charge on any atom is -0.311 e. The van der Waals surface area contributed by atoms with E-state index in [4.69, 9.17) is 0 Å². The molecule has 0 atom stereocenters. The van der Waals surface area contributed by atoms with Crippen molar-refractivity contribution in [2.24, 2.45) is 0 Å². The highest BCUT2D eigenvalue weighted by Crippen LogP contribution is 2.25. The summed E-state index contributed by atoms with van der Waals surface area (Å²) in [7, 11) is 0. The van der Waals surface area contributed by atoms with Crippen LogP contribution in [0.4, 0.5) is 0 Å². The monoisotopic (exact) mass is 483 g/mol. The zero-order valence-corrected chi connectivity index (χ0v) is 20.9. The molecule has 0 aliphatic carbocycles. The molecule has 0 aliphatic rings. The molecule has 4 heterocycles. The molecule has 10 heteroatoms. The summed E-state index contributed by atoms with van der Waals surface area (Å²) < 4.78 is 5.46.